The highest BCUT2D eigenvalue weighted by atomic mass is 32.2. The second kappa shape index (κ2) is 6.67. The lowest BCUT2D eigenvalue weighted by molar-refractivity contribution is 0.313. The largest absolute Gasteiger partial charge is 0.326 e. The van der Waals surface area contributed by atoms with Crippen molar-refractivity contribution < 1.29 is 8.42 Å². The minimum absolute atomic E-state index is 0.0905. The van der Waals surface area contributed by atoms with Crippen molar-refractivity contribution >= 4 is 10.0 Å². The molecule has 0 radical (unpaired) electrons. The number of likely N-dealkylation sites (tertiary alicyclic amines) is 1. The summed E-state index contributed by atoms with van der Waals surface area (Å²) in [5, 5.41) is 0. The Balaban J connectivity index is 1.98. The monoisotopic (exact) mass is 297 g/mol. The lowest BCUT2D eigenvalue weighted by atomic mass is 10.2. The molecule has 0 amide bonds. The van der Waals surface area contributed by atoms with Crippen molar-refractivity contribution in [3.8, 4) is 0 Å². The summed E-state index contributed by atoms with van der Waals surface area (Å²) in [4.78, 5) is 2.59. The van der Waals surface area contributed by atoms with Crippen LogP contribution in [-0.2, 0) is 16.6 Å². The number of nitrogens with zero attached hydrogens (tertiary/aromatic N) is 1. The number of hydrogen-bond acceptors (Lipinski definition) is 4. The quantitative estimate of drug-likeness (QED) is 0.818. The molecule has 1 aliphatic heterocycles. The molecule has 6 heteroatoms. The third-order valence-electron chi connectivity index (χ3n) is 3.56. The van der Waals surface area contributed by atoms with Gasteiger partial charge in [-0.3, -0.25) is 0 Å². The Morgan fingerprint density at radius 3 is 2.40 bits per heavy atom. The maximum atomic E-state index is 12.3. The normalized spacial score (nSPS) is 18.3. The van der Waals surface area contributed by atoms with Gasteiger partial charge in [-0.15, -0.1) is 0 Å². The Kier molecular flexibility index (Phi) is 5.15. The van der Waals surface area contributed by atoms with E-state index in [2.05, 4.69) is 9.62 Å². The molecule has 1 saturated heterocycles. The van der Waals surface area contributed by atoms with Crippen LogP contribution < -0.4 is 10.5 Å². The van der Waals surface area contributed by atoms with E-state index in [9.17, 15) is 8.42 Å². The Labute approximate surface area is 121 Å². The number of hydrogen-bond donors (Lipinski definition) is 2. The summed E-state index contributed by atoms with van der Waals surface area (Å²) in [6.45, 7) is 5.22. The first-order valence-electron chi connectivity index (χ1n) is 7.05. The van der Waals surface area contributed by atoms with Crippen molar-refractivity contribution in [3.63, 3.8) is 0 Å². The smallest absolute Gasteiger partial charge is 0.240 e. The summed E-state index contributed by atoms with van der Waals surface area (Å²) >= 11 is 0. The molecular weight excluding hydrogens is 274 g/mol. The number of rotatable bonds is 6. The van der Waals surface area contributed by atoms with Gasteiger partial charge < -0.3 is 10.6 Å². The minimum atomic E-state index is -3.44. The molecule has 5 nitrogen and oxygen atoms in total. The molecule has 2 rings (SSSR count). The molecule has 0 spiro atoms. The Morgan fingerprint density at radius 2 is 1.85 bits per heavy atom. The predicted octanol–water partition coefficient (Wildman–Crippen LogP) is 0.908. The van der Waals surface area contributed by atoms with Crippen molar-refractivity contribution in [2.75, 3.05) is 19.6 Å². The molecule has 1 aromatic carbocycles. The van der Waals surface area contributed by atoms with E-state index >= 15 is 0 Å². The van der Waals surface area contributed by atoms with Gasteiger partial charge in [0.15, 0.2) is 0 Å². The molecule has 112 valence electrons. The van der Waals surface area contributed by atoms with E-state index in [1.165, 1.54) is 12.8 Å². The van der Waals surface area contributed by atoms with Gasteiger partial charge in [0, 0.05) is 19.1 Å². The molecule has 1 atom stereocenters. The molecule has 1 heterocycles. The molecule has 20 heavy (non-hydrogen) atoms. The Bertz CT molecular complexity index is 522. The topological polar surface area (TPSA) is 75.4 Å². The van der Waals surface area contributed by atoms with Crippen LogP contribution in [-0.4, -0.2) is 39.0 Å². The van der Waals surface area contributed by atoms with Crippen molar-refractivity contribution in [2.45, 2.75) is 37.2 Å². The lowest BCUT2D eigenvalue weighted by Gasteiger charge is -2.21. The maximum Gasteiger partial charge on any atom is 0.240 e. The number of sulfonamides is 1. The van der Waals surface area contributed by atoms with Crippen LogP contribution in [0.5, 0.6) is 0 Å². The van der Waals surface area contributed by atoms with Gasteiger partial charge >= 0.3 is 0 Å². The molecule has 0 aromatic heterocycles. The average molecular weight is 297 g/mol. The third-order valence-corrected chi connectivity index (χ3v) is 5.16. The van der Waals surface area contributed by atoms with E-state index in [4.69, 9.17) is 5.73 Å². The first-order valence-corrected chi connectivity index (χ1v) is 8.53. The Hall–Kier alpha value is -0.950. The molecule has 1 unspecified atom stereocenters. The van der Waals surface area contributed by atoms with Gasteiger partial charge in [-0.2, -0.15) is 0 Å². The van der Waals surface area contributed by atoms with Crippen molar-refractivity contribution in [1.29, 1.82) is 0 Å². The second-order valence-electron chi connectivity index (χ2n) is 5.38. The summed E-state index contributed by atoms with van der Waals surface area (Å²) in [5.74, 6) is 0. The van der Waals surface area contributed by atoms with E-state index in [0.717, 1.165) is 25.2 Å². The zero-order valence-corrected chi connectivity index (χ0v) is 12.7. The van der Waals surface area contributed by atoms with Crippen LogP contribution in [0.1, 0.15) is 25.3 Å². The second-order valence-corrected chi connectivity index (χ2v) is 7.09. The highest BCUT2D eigenvalue weighted by molar-refractivity contribution is 7.89. The van der Waals surface area contributed by atoms with E-state index < -0.39 is 10.0 Å². The number of nitrogens with one attached hydrogen (secondary N) is 1. The van der Waals surface area contributed by atoms with Crippen LogP contribution in [0.4, 0.5) is 0 Å². The van der Waals surface area contributed by atoms with E-state index in [-0.39, 0.29) is 6.04 Å². The van der Waals surface area contributed by atoms with Crippen LogP contribution in [0, 0.1) is 0 Å². The fraction of sp³-hybridized carbons (Fsp3) is 0.571. The highest BCUT2D eigenvalue weighted by Crippen LogP contribution is 2.12. The molecular formula is C14H23N3O2S. The summed E-state index contributed by atoms with van der Waals surface area (Å²) < 4.78 is 27.2. The SMILES string of the molecule is CC(CN1CCCC1)NS(=O)(=O)c1ccc(CN)cc1. The summed E-state index contributed by atoms with van der Waals surface area (Å²) in [6, 6.07) is 6.62. The van der Waals surface area contributed by atoms with Gasteiger partial charge in [-0.25, -0.2) is 13.1 Å². The standard InChI is InChI=1S/C14H23N3O2S/c1-12(11-17-8-2-3-9-17)16-20(18,19)14-6-4-13(10-15)5-7-14/h4-7,12,16H,2-3,8-11,15H2,1H3. The zero-order chi connectivity index (χ0) is 14.6. The summed E-state index contributed by atoms with van der Waals surface area (Å²) in [7, 11) is -3.44. The fourth-order valence-corrected chi connectivity index (χ4v) is 3.76. The lowest BCUT2D eigenvalue weighted by Crippen LogP contribution is -2.41. The van der Waals surface area contributed by atoms with Crippen LogP contribution >= 0.6 is 0 Å². The fourth-order valence-electron chi connectivity index (χ4n) is 2.53. The van der Waals surface area contributed by atoms with Gasteiger partial charge in [-0.05, 0) is 50.6 Å². The predicted molar refractivity (Wildman–Crippen MR) is 79.8 cm³/mol. The highest BCUT2D eigenvalue weighted by Gasteiger charge is 2.20. The Morgan fingerprint density at radius 1 is 1.25 bits per heavy atom. The third kappa shape index (κ3) is 4.02. The number of benzene rings is 1. The van der Waals surface area contributed by atoms with Crippen molar-refractivity contribution in [2.24, 2.45) is 5.73 Å². The maximum absolute atomic E-state index is 12.3. The first-order chi connectivity index (χ1) is 9.51. The zero-order valence-electron chi connectivity index (χ0n) is 11.9. The first kappa shape index (κ1) is 15.4. The average Bonchev–Trinajstić information content (AvgIpc) is 2.91. The van der Waals surface area contributed by atoms with E-state index in [0.29, 0.717) is 11.4 Å². The van der Waals surface area contributed by atoms with Gasteiger partial charge in [0.1, 0.15) is 0 Å². The van der Waals surface area contributed by atoms with Crippen LogP contribution in [0.3, 0.4) is 0 Å². The van der Waals surface area contributed by atoms with Gasteiger partial charge in [0.25, 0.3) is 0 Å². The summed E-state index contributed by atoms with van der Waals surface area (Å²) in [5.41, 5.74) is 6.44. The minimum Gasteiger partial charge on any atom is -0.326 e. The molecule has 1 aromatic rings. The van der Waals surface area contributed by atoms with Crippen LogP contribution in [0.25, 0.3) is 0 Å². The van der Waals surface area contributed by atoms with E-state index in [1.807, 2.05) is 6.92 Å². The molecule has 0 bridgehead atoms. The van der Waals surface area contributed by atoms with Crippen molar-refractivity contribution in [1.82, 2.24) is 9.62 Å². The molecule has 1 aliphatic rings. The van der Waals surface area contributed by atoms with Gasteiger partial charge in [-0.1, -0.05) is 12.1 Å². The molecule has 0 saturated carbocycles. The van der Waals surface area contributed by atoms with Crippen LogP contribution in [0.2, 0.25) is 0 Å². The number of nitrogens with two attached hydrogens (primary N) is 1. The molecule has 0 aliphatic carbocycles. The molecule has 1 fully saturated rings. The molecule has 3 N–H and O–H groups in total. The summed E-state index contributed by atoms with van der Waals surface area (Å²) in [6.07, 6.45) is 2.42. The van der Waals surface area contributed by atoms with Gasteiger partial charge in [0.2, 0.25) is 10.0 Å². The van der Waals surface area contributed by atoms with Gasteiger partial charge in [0.05, 0.1) is 4.90 Å². The van der Waals surface area contributed by atoms with E-state index in [1.54, 1.807) is 24.3 Å². The van der Waals surface area contributed by atoms with Crippen molar-refractivity contribution in [3.05, 3.63) is 29.8 Å². The van der Waals surface area contributed by atoms with Crippen LogP contribution in [0.15, 0.2) is 29.2 Å².